The van der Waals surface area contributed by atoms with Crippen molar-refractivity contribution >= 4 is 11.8 Å². The zero-order valence-corrected chi connectivity index (χ0v) is 8.37. The molecule has 1 aliphatic heterocycles. The average Bonchev–Trinajstić information content (AvgIpc) is 2.37. The maximum Gasteiger partial charge on any atom is 0.330 e. The van der Waals surface area contributed by atoms with E-state index >= 15 is 0 Å². The van der Waals surface area contributed by atoms with E-state index in [1.165, 1.54) is 25.3 Å². The predicted molar refractivity (Wildman–Crippen MR) is 49.4 cm³/mol. The highest BCUT2D eigenvalue weighted by molar-refractivity contribution is 6.01. The molecule has 0 aliphatic carbocycles. The van der Waals surface area contributed by atoms with Crippen LogP contribution in [0.15, 0.2) is 24.0 Å². The van der Waals surface area contributed by atoms with Crippen molar-refractivity contribution in [2.45, 2.75) is 19.4 Å². The lowest BCUT2D eigenvalue weighted by molar-refractivity contribution is -0.134. The van der Waals surface area contributed by atoms with Crippen LogP contribution >= 0.6 is 0 Å². The first-order valence-corrected chi connectivity index (χ1v) is 4.17. The molecular weight excluding hydrogens is 184 g/mol. The van der Waals surface area contributed by atoms with E-state index in [9.17, 15) is 9.59 Å². The number of carbonyl (C=O) groups excluding carboxylic acids is 2. The maximum absolute atomic E-state index is 11.4. The highest BCUT2D eigenvalue weighted by atomic mass is 16.5. The standard InChI is InChI=1S/C10H12O4/c1-7-6-8(11)10(2,14-7)5-4-9(12)13-3/h4-6H,1-3H3/b5-4+. The van der Waals surface area contributed by atoms with Gasteiger partial charge in [0.05, 0.1) is 12.9 Å². The highest BCUT2D eigenvalue weighted by Gasteiger charge is 2.36. The third-order valence-corrected chi connectivity index (χ3v) is 1.94. The molecule has 1 heterocycles. The monoisotopic (exact) mass is 196 g/mol. The van der Waals surface area contributed by atoms with Gasteiger partial charge in [-0.2, -0.15) is 0 Å². The van der Waals surface area contributed by atoms with E-state index in [1.807, 2.05) is 0 Å². The van der Waals surface area contributed by atoms with Crippen LogP contribution in [0.3, 0.4) is 0 Å². The predicted octanol–water partition coefficient (Wildman–Crippen LogP) is 0.977. The van der Waals surface area contributed by atoms with Gasteiger partial charge in [-0.25, -0.2) is 4.79 Å². The summed E-state index contributed by atoms with van der Waals surface area (Å²) in [5.74, 6) is -0.130. The van der Waals surface area contributed by atoms with Crippen molar-refractivity contribution in [3.8, 4) is 0 Å². The highest BCUT2D eigenvalue weighted by Crippen LogP contribution is 2.25. The molecule has 0 aromatic rings. The molecule has 1 unspecified atom stereocenters. The van der Waals surface area contributed by atoms with Crippen LogP contribution in [-0.4, -0.2) is 24.5 Å². The number of hydrogen-bond acceptors (Lipinski definition) is 4. The summed E-state index contributed by atoms with van der Waals surface area (Å²) in [6, 6.07) is 0. The van der Waals surface area contributed by atoms with Crippen molar-refractivity contribution in [2.75, 3.05) is 7.11 Å². The van der Waals surface area contributed by atoms with Crippen molar-refractivity contribution < 1.29 is 19.1 Å². The average molecular weight is 196 g/mol. The van der Waals surface area contributed by atoms with E-state index in [-0.39, 0.29) is 5.78 Å². The molecule has 14 heavy (non-hydrogen) atoms. The molecule has 0 saturated heterocycles. The van der Waals surface area contributed by atoms with Gasteiger partial charge in [0.2, 0.25) is 5.78 Å². The van der Waals surface area contributed by atoms with Gasteiger partial charge in [0, 0.05) is 12.2 Å². The van der Waals surface area contributed by atoms with Crippen molar-refractivity contribution in [3.63, 3.8) is 0 Å². The maximum atomic E-state index is 11.4. The van der Waals surface area contributed by atoms with E-state index in [2.05, 4.69) is 4.74 Å². The van der Waals surface area contributed by atoms with Gasteiger partial charge in [0.1, 0.15) is 0 Å². The van der Waals surface area contributed by atoms with Crippen molar-refractivity contribution in [3.05, 3.63) is 24.0 Å². The number of hydrogen-bond donors (Lipinski definition) is 0. The molecular formula is C10H12O4. The van der Waals surface area contributed by atoms with E-state index < -0.39 is 11.6 Å². The molecule has 1 aliphatic rings. The van der Waals surface area contributed by atoms with E-state index in [0.717, 1.165) is 0 Å². The van der Waals surface area contributed by atoms with Gasteiger partial charge in [0.15, 0.2) is 5.60 Å². The van der Waals surface area contributed by atoms with Gasteiger partial charge in [-0.15, -0.1) is 0 Å². The molecule has 0 radical (unpaired) electrons. The van der Waals surface area contributed by atoms with Crippen molar-refractivity contribution in [1.82, 2.24) is 0 Å². The Morgan fingerprint density at radius 3 is 2.71 bits per heavy atom. The number of carbonyl (C=O) groups is 2. The number of ketones is 1. The minimum atomic E-state index is -1.06. The molecule has 1 rings (SSSR count). The van der Waals surface area contributed by atoms with Crippen LogP contribution in [0.4, 0.5) is 0 Å². The molecule has 0 aromatic heterocycles. The summed E-state index contributed by atoms with van der Waals surface area (Å²) < 4.78 is 9.68. The largest absolute Gasteiger partial charge is 0.480 e. The van der Waals surface area contributed by atoms with E-state index in [0.29, 0.717) is 5.76 Å². The SMILES string of the molecule is COC(=O)/C=C/C1(C)OC(C)=CC1=O. The van der Waals surface area contributed by atoms with Gasteiger partial charge in [-0.05, 0) is 19.9 Å². The fraction of sp³-hybridized carbons (Fsp3) is 0.400. The molecule has 0 amide bonds. The quantitative estimate of drug-likeness (QED) is 0.488. The molecule has 1 atom stereocenters. The van der Waals surface area contributed by atoms with Crippen LogP contribution in [0, 0.1) is 0 Å². The van der Waals surface area contributed by atoms with E-state index in [4.69, 9.17) is 4.74 Å². The first-order valence-electron chi connectivity index (χ1n) is 4.17. The summed E-state index contributed by atoms with van der Waals surface area (Å²) in [4.78, 5) is 22.2. The van der Waals surface area contributed by atoms with Gasteiger partial charge in [-0.3, -0.25) is 4.79 Å². The number of esters is 1. The molecule has 0 fully saturated rings. The number of ether oxygens (including phenoxy) is 2. The Hall–Kier alpha value is -1.58. The van der Waals surface area contributed by atoms with Crippen LogP contribution in [0.2, 0.25) is 0 Å². The summed E-state index contributed by atoms with van der Waals surface area (Å²) in [5, 5.41) is 0. The Labute approximate surface area is 82.2 Å². The summed E-state index contributed by atoms with van der Waals surface area (Å²) >= 11 is 0. The molecule has 4 heteroatoms. The summed E-state index contributed by atoms with van der Waals surface area (Å²) in [6.45, 7) is 3.29. The minimum absolute atomic E-state index is 0.171. The van der Waals surface area contributed by atoms with Crippen LogP contribution in [-0.2, 0) is 19.1 Å². The molecule has 0 spiro atoms. The molecule has 0 bridgehead atoms. The van der Waals surface area contributed by atoms with Crippen LogP contribution in [0.5, 0.6) is 0 Å². The van der Waals surface area contributed by atoms with E-state index in [1.54, 1.807) is 13.8 Å². The minimum Gasteiger partial charge on any atom is -0.480 e. The van der Waals surface area contributed by atoms with Crippen LogP contribution in [0.1, 0.15) is 13.8 Å². The topological polar surface area (TPSA) is 52.6 Å². The zero-order valence-electron chi connectivity index (χ0n) is 8.37. The summed E-state index contributed by atoms with van der Waals surface area (Å²) in [6.07, 6.45) is 3.99. The third kappa shape index (κ3) is 2.02. The van der Waals surface area contributed by atoms with Crippen molar-refractivity contribution in [2.24, 2.45) is 0 Å². The smallest absolute Gasteiger partial charge is 0.330 e. The second-order valence-corrected chi connectivity index (χ2v) is 3.18. The molecule has 0 aromatic carbocycles. The number of methoxy groups -OCH3 is 1. The third-order valence-electron chi connectivity index (χ3n) is 1.94. The summed E-state index contributed by atoms with van der Waals surface area (Å²) in [7, 11) is 1.27. The lowest BCUT2D eigenvalue weighted by Gasteiger charge is -2.18. The first kappa shape index (κ1) is 10.5. The zero-order chi connectivity index (χ0) is 10.8. The Morgan fingerprint density at radius 2 is 2.29 bits per heavy atom. The Balaban J connectivity index is 2.75. The number of allylic oxidation sites excluding steroid dienone is 1. The second kappa shape index (κ2) is 3.65. The fourth-order valence-corrected chi connectivity index (χ4v) is 1.15. The molecule has 76 valence electrons. The molecule has 4 nitrogen and oxygen atoms in total. The summed E-state index contributed by atoms with van der Waals surface area (Å²) in [5.41, 5.74) is -1.06. The van der Waals surface area contributed by atoms with Crippen molar-refractivity contribution in [1.29, 1.82) is 0 Å². The normalized spacial score (nSPS) is 26.2. The van der Waals surface area contributed by atoms with Gasteiger partial charge in [-0.1, -0.05) is 0 Å². The lowest BCUT2D eigenvalue weighted by atomic mass is 10.0. The first-order chi connectivity index (χ1) is 6.48. The Morgan fingerprint density at radius 1 is 1.64 bits per heavy atom. The van der Waals surface area contributed by atoms with Crippen LogP contribution in [0.25, 0.3) is 0 Å². The Kier molecular flexibility index (Phi) is 2.74. The Bertz CT molecular complexity index is 327. The number of rotatable bonds is 2. The van der Waals surface area contributed by atoms with Gasteiger partial charge < -0.3 is 9.47 Å². The van der Waals surface area contributed by atoms with Crippen LogP contribution < -0.4 is 0 Å². The van der Waals surface area contributed by atoms with Gasteiger partial charge >= 0.3 is 5.97 Å². The fourth-order valence-electron chi connectivity index (χ4n) is 1.15. The van der Waals surface area contributed by atoms with Gasteiger partial charge in [0.25, 0.3) is 0 Å². The second-order valence-electron chi connectivity index (χ2n) is 3.18. The lowest BCUT2D eigenvalue weighted by Crippen LogP contribution is -2.30. The molecule has 0 N–H and O–H groups in total. The molecule has 0 saturated carbocycles.